The normalized spacial score (nSPS) is 9.78. The summed E-state index contributed by atoms with van der Waals surface area (Å²) in [4.78, 5) is 1.13. The number of thioether (sulfide) groups is 1. The van der Waals surface area contributed by atoms with Crippen molar-refractivity contribution in [2.75, 3.05) is 6.26 Å². The molecule has 2 rings (SSSR count). The first-order valence-electron chi connectivity index (χ1n) is 5.58. The van der Waals surface area contributed by atoms with E-state index in [1.165, 1.54) is 0 Å². The molecule has 0 unspecified atom stereocenters. The van der Waals surface area contributed by atoms with E-state index in [1.54, 1.807) is 23.9 Å². The van der Waals surface area contributed by atoms with Crippen molar-refractivity contribution in [3.8, 4) is 11.8 Å². The topological polar surface area (TPSA) is 33.0 Å². The van der Waals surface area contributed by atoms with Crippen LogP contribution in [0, 0.1) is 11.3 Å². The summed E-state index contributed by atoms with van der Waals surface area (Å²) in [7, 11) is 0. The maximum Gasteiger partial charge on any atom is 0.133 e. The van der Waals surface area contributed by atoms with Gasteiger partial charge in [0.1, 0.15) is 12.4 Å². The lowest BCUT2D eigenvalue weighted by Crippen LogP contribution is -1.96. The molecule has 2 aromatic carbocycles. The minimum absolute atomic E-state index is 0.517. The third-order valence-corrected chi connectivity index (χ3v) is 3.32. The van der Waals surface area contributed by atoms with Crippen LogP contribution in [-0.4, -0.2) is 6.26 Å². The second-order valence-electron chi connectivity index (χ2n) is 3.75. The highest BCUT2D eigenvalue weighted by atomic mass is 32.2. The van der Waals surface area contributed by atoms with Gasteiger partial charge in [0.25, 0.3) is 0 Å². The highest BCUT2D eigenvalue weighted by Crippen LogP contribution is 2.27. The molecule has 0 radical (unpaired) electrons. The van der Waals surface area contributed by atoms with Gasteiger partial charge in [0, 0.05) is 4.90 Å². The van der Waals surface area contributed by atoms with Crippen LogP contribution in [0.4, 0.5) is 0 Å². The summed E-state index contributed by atoms with van der Waals surface area (Å²) >= 11 is 1.67. The van der Waals surface area contributed by atoms with Crippen LogP contribution in [0.15, 0.2) is 53.4 Å². The van der Waals surface area contributed by atoms with Crippen molar-refractivity contribution in [1.82, 2.24) is 0 Å². The lowest BCUT2D eigenvalue weighted by Gasteiger charge is -2.09. The van der Waals surface area contributed by atoms with E-state index in [0.29, 0.717) is 12.2 Å². The molecule has 0 aliphatic heterocycles. The smallest absolute Gasteiger partial charge is 0.133 e. The van der Waals surface area contributed by atoms with Crippen LogP contribution in [0.5, 0.6) is 5.75 Å². The van der Waals surface area contributed by atoms with E-state index in [-0.39, 0.29) is 0 Å². The second kappa shape index (κ2) is 6.13. The first-order valence-corrected chi connectivity index (χ1v) is 6.81. The lowest BCUT2D eigenvalue weighted by atomic mass is 10.2. The van der Waals surface area contributed by atoms with Gasteiger partial charge in [-0.15, -0.1) is 11.8 Å². The molecule has 0 aliphatic rings. The van der Waals surface area contributed by atoms with Gasteiger partial charge in [0.05, 0.1) is 11.6 Å². The van der Waals surface area contributed by atoms with Gasteiger partial charge in [-0.1, -0.05) is 24.3 Å². The van der Waals surface area contributed by atoms with Gasteiger partial charge in [-0.3, -0.25) is 0 Å². The molecule has 0 saturated heterocycles. The summed E-state index contributed by atoms with van der Waals surface area (Å²) in [5, 5.41) is 8.72. The first-order chi connectivity index (χ1) is 8.83. The fourth-order valence-corrected chi connectivity index (χ4v) is 2.12. The Morgan fingerprint density at radius 1 is 1.11 bits per heavy atom. The van der Waals surface area contributed by atoms with E-state index in [9.17, 15) is 0 Å². The lowest BCUT2D eigenvalue weighted by molar-refractivity contribution is 0.299. The van der Waals surface area contributed by atoms with Crippen LogP contribution < -0.4 is 4.74 Å². The Balaban J connectivity index is 2.04. The Kier molecular flexibility index (Phi) is 4.27. The minimum Gasteiger partial charge on any atom is -0.488 e. The summed E-state index contributed by atoms with van der Waals surface area (Å²) in [5.41, 5.74) is 1.73. The van der Waals surface area contributed by atoms with Crippen LogP contribution in [0.3, 0.4) is 0 Å². The van der Waals surface area contributed by atoms with Crippen molar-refractivity contribution in [2.45, 2.75) is 11.5 Å². The molecule has 0 spiro atoms. The fourth-order valence-electron chi connectivity index (χ4n) is 1.57. The number of ether oxygens (including phenoxy) is 1. The van der Waals surface area contributed by atoms with Crippen molar-refractivity contribution in [2.24, 2.45) is 0 Å². The van der Waals surface area contributed by atoms with Gasteiger partial charge in [0.15, 0.2) is 0 Å². The summed E-state index contributed by atoms with van der Waals surface area (Å²) in [6, 6.07) is 17.5. The molecule has 0 atom stereocenters. The van der Waals surface area contributed by atoms with E-state index >= 15 is 0 Å². The summed E-state index contributed by atoms with van der Waals surface area (Å²) in [6.45, 7) is 0.517. The van der Waals surface area contributed by atoms with Crippen LogP contribution >= 0.6 is 11.8 Å². The predicted octanol–water partition coefficient (Wildman–Crippen LogP) is 3.86. The highest BCUT2D eigenvalue weighted by Gasteiger charge is 2.01. The molecule has 0 amide bonds. The number of nitriles is 1. The maximum absolute atomic E-state index is 8.72. The van der Waals surface area contributed by atoms with Crippen molar-refractivity contribution >= 4 is 11.8 Å². The fraction of sp³-hybridized carbons (Fsp3) is 0.133. The van der Waals surface area contributed by atoms with Crippen LogP contribution in [0.25, 0.3) is 0 Å². The third kappa shape index (κ3) is 3.06. The Labute approximate surface area is 111 Å². The molecular weight excluding hydrogens is 242 g/mol. The Bertz CT molecular complexity index is 557. The van der Waals surface area contributed by atoms with Gasteiger partial charge < -0.3 is 4.74 Å². The van der Waals surface area contributed by atoms with E-state index in [1.807, 2.05) is 42.7 Å². The molecule has 2 nitrogen and oxygen atoms in total. The predicted molar refractivity (Wildman–Crippen MR) is 73.7 cm³/mol. The number of hydrogen-bond acceptors (Lipinski definition) is 3. The summed E-state index contributed by atoms with van der Waals surface area (Å²) in [6.07, 6.45) is 2.03. The standard InChI is InChI=1S/C15H13NOS/c1-18-15-5-3-2-4-14(15)17-11-13-8-6-12(10-16)7-9-13/h2-9H,11H2,1H3. The van der Waals surface area contributed by atoms with Crippen molar-refractivity contribution in [3.63, 3.8) is 0 Å². The second-order valence-corrected chi connectivity index (χ2v) is 4.60. The molecule has 2 aromatic rings. The third-order valence-electron chi connectivity index (χ3n) is 2.55. The molecule has 3 heteroatoms. The average Bonchev–Trinajstić information content (AvgIpc) is 2.46. The Morgan fingerprint density at radius 3 is 2.50 bits per heavy atom. The molecule has 0 aliphatic carbocycles. The first kappa shape index (κ1) is 12.5. The molecular formula is C15H13NOS. The molecule has 18 heavy (non-hydrogen) atoms. The molecule has 0 saturated carbocycles. The van der Waals surface area contributed by atoms with Crippen LogP contribution in [-0.2, 0) is 6.61 Å². The summed E-state index contributed by atoms with van der Waals surface area (Å²) in [5.74, 6) is 0.898. The minimum atomic E-state index is 0.517. The van der Waals surface area contributed by atoms with Gasteiger partial charge >= 0.3 is 0 Å². The molecule has 0 heterocycles. The number of benzene rings is 2. The Morgan fingerprint density at radius 2 is 1.83 bits per heavy atom. The van der Waals surface area contributed by atoms with E-state index in [2.05, 4.69) is 6.07 Å². The van der Waals surface area contributed by atoms with E-state index in [4.69, 9.17) is 10.00 Å². The number of para-hydroxylation sites is 1. The molecule has 0 bridgehead atoms. The van der Waals surface area contributed by atoms with Gasteiger partial charge in [-0.2, -0.15) is 5.26 Å². The Hall–Kier alpha value is -1.92. The number of hydrogen-bond donors (Lipinski definition) is 0. The van der Waals surface area contributed by atoms with Crippen molar-refractivity contribution < 1.29 is 4.74 Å². The molecule has 0 N–H and O–H groups in total. The zero-order valence-electron chi connectivity index (χ0n) is 10.1. The maximum atomic E-state index is 8.72. The van der Waals surface area contributed by atoms with E-state index < -0.39 is 0 Å². The highest BCUT2D eigenvalue weighted by molar-refractivity contribution is 7.98. The zero-order chi connectivity index (χ0) is 12.8. The molecule has 0 fully saturated rings. The average molecular weight is 255 g/mol. The number of rotatable bonds is 4. The quantitative estimate of drug-likeness (QED) is 0.778. The largest absolute Gasteiger partial charge is 0.488 e. The monoisotopic (exact) mass is 255 g/mol. The van der Waals surface area contributed by atoms with Crippen LogP contribution in [0.2, 0.25) is 0 Å². The molecule has 0 aromatic heterocycles. The number of nitrogens with zero attached hydrogens (tertiary/aromatic N) is 1. The van der Waals surface area contributed by atoms with Gasteiger partial charge in [-0.25, -0.2) is 0 Å². The molecule has 90 valence electrons. The van der Waals surface area contributed by atoms with E-state index in [0.717, 1.165) is 16.2 Å². The van der Waals surface area contributed by atoms with Gasteiger partial charge in [-0.05, 0) is 36.1 Å². The zero-order valence-corrected chi connectivity index (χ0v) is 10.9. The summed E-state index contributed by atoms with van der Waals surface area (Å²) < 4.78 is 5.78. The van der Waals surface area contributed by atoms with Crippen molar-refractivity contribution in [3.05, 3.63) is 59.7 Å². The van der Waals surface area contributed by atoms with Crippen LogP contribution in [0.1, 0.15) is 11.1 Å². The SMILES string of the molecule is CSc1ccccc1OCc1ccc(C#N)cc1. The van der Waals surface area contributed by atoms with Gasteiger partial charge in [0.2, 0.25) is 0 Å². The van der Waals surface area contributed by atoms with Crippen molar-refractivity contribution in [1.29, 1.82) is 5.26 Å².